The molecule has 0 aliphatic carbocycles. The summed E-state index contributed by atoms with van der Waals surface area (Å²) in [4.78, 5) is 11.2. The lowest BCUT2D eigenvalue weighted by Crippen LogP contribution is -2.52. The standard InChI is InChI=1S/C12H21NO5S/c1-8-10(12(14)15)4-3-6-13(8)19(16,17)11-5-7-18-9(11)2/h8-11H,3-7H2,1-2H3,(H,14,15)/t8-,9?,10-,11?/m0/s1. The number of carboxylic acid groups (broad SMARTS) is 1. The van der Waals surface area contributed by atoms with E-state index in [0.29, 0.717) is 32.4 Å². The summed E-state index contributed by atoms with van der Waals surface area (Å²) in [5.74, 6) is -1.52. The predicted molar refractivity (Wildman–Crippen MR) is 69.3 cm³/mol. The van der Waals surface area contributed by atoms with Crippen LogP contribution in [0.1, 0.15) is 33.1 Å². The number of carbonyl (C=O) groups is 1. The zero-order chi connectivity index (χ0) is 14.2. The van der Waals surface area contributed by atoms with Gasteiger partial charge < -0.3 is 9.84 Å². The van der Waals surface area contributed by atoms with E-state index < -0.39 is 33.2 Å². The van der Waals surface area contributed by atoms with Gasteiger partial charge in [0.15, 0.2) is 0 Å². The highest BCUT2D eigenvalue weighted by molar-refractivity contribution is 7.89. The minimum atomic E-state index is -3.48. The van der Waals surface area contributed by atoms with Crippen LogP contribution in [-0.2, 0) is 19.6 Å². The van der Waals surface area contributed by atoms with Gasteiger partial charge in [0.25, 0.3) is 0 Å². The summed E-state index contributed by atoms with van der Waals surface area (Å²) in [6.45, 7) is 4.32. The van der Waals surface area contributed by atoms with Gasteiger partial charge in [0, 0.05) is 19.2 Å². The molecule has 0 radical (unpaired) electrons. The first kappa shape index (κ1) is 14.7. The summed E-state index contributed by atoms with van der Waals surface area (Å²) in [6.07, 6.45) is 1.31. The first-order valence-electron chi connectivity index (χ1n) is 6.70. The van der Waals surface area contributed by atoms with Crippen molar-refractivity contribution < 1.29 is 23.1 Å². The number of aliphatic carboxylic acids is 1. The Labute approximate surface area is 113 Å². The molecule has 2 heterocycles. The molecule has 0 amide bonds. The van der Waals surface area contributed by atoms with Crippen molar-refractivity contribution in [3.05, 3.63) is 0 Å². The summed E-state index contributed by atoms with van der Waals surface area (Å²) in [5.41, 5.74) is 0. The SMILES string of the molecule is CC1OCCC1S(=O)(=O)N1CCC[C@H](C(=O)O)[C@@H]1C. The molecule has 0 aromatic rings. The number of ether oxygens (including phenoxy) is 1. The van der Waals surface area contributed by atoms with Crippen LogP contribution in [0.2, 0.25) is 0 Å². The Balaban J connectivity index is 2.22. The Bertz CT molecular complexity index is 449. The molecule has 2 aliphatic heterocycles. The molecule has 4 atom stereocenters. The summed E-state index contributed by atoms with van der Waals surface area (Å²) < 4.78 is 32.0. The zero-order valence-corrected chi connectivity index (χ0v) is 12.1. The predicted octanol–water partition coefficient (Wildman–Crippen LogP) is 0.679. The van der Waals surface area contributed by atoms with Crippen molar-refractivity contribution in [2.45, 2.75) is 50.5 Å². The van der Waals surface area contributed by atoms with E-state index in [-0.39, 0.29) is 6.10 Å². The van der Waals surface area contributed by atoms with Crippen molar-refractivity contribution in [3.8, 4) is 0 Å². The third kappa shape index (κ3) is 2.64. The molecule has 2 unspecified atom stereocenters. The summed E-state index contributed by atoms with van der Waals surface area (Å²) in [7, 11) is -3.48. The van der Waals surface area contributed by atoms with Gasteiger partial charge in [-0.3, -0.25) is 4.79 Å². The van der Waals surface area contributed by atoms with Crippen LogP contribution >= 0.6 is 0 Å². The highest BCUT2D eigenvalue weighted by atomic mass is 32.2. The van der Waals surface area contributed by atoms with Crippen LogP contribution in [0.3, 0.4) is 0 Å². The molecule has 110 valence electrons. The Morgan fingerprint density at radius 2 is 2.00 bits per heavy atom. The largest absolute Gasteiger partial charge is 0.481 e. The van der Waals surface area contributed by atoms with Gasteiger partial charge in [-0.05, 0) is 33.1 Å². The second-order valence-corrected chi connectivity index (χ2v) is 7.49. The van der Waals surface area contributed by atoms with Crippen LogP contribution in [0.4, 0.5) is 0 Å². The maximum atomic E-state index is 12.6. The van der Waals surface area contributed by atoms with Gasteiger partial charge in [0.1, 0.15) is 5.25 Å². The molecule has 2 aliphatic rings. The summed E-state index contributed by atoms with van der Waals surface area (Å²) >= 11 is 0. The van der Waals surface area contributed by atoms with Gasteiger partial charge in [0.05, 0.1) is 12.0 Å². The van der Waals surface area contributed by atoms with E-state index in [1.807, 2.05) is 0 Å². The first-order valence-corrected chi connectivity index (χ1v) is 8.21. The number of sulfonamides is 1. The first-order chi connectivity index (χ1) is 8.85. The minimum absolute atomic E-state index is 0.317. The third-order valence-corrected chi connectivity index (χ3v) is 6.82. The van der Waals surface area contributed by atoms with Crippen LogP contribution in [0.25, 0.3) is 0 Å². The van der Waals surface area contributed by atoms with Crippen LogP contribution in [0, 0.1) is 5.92 Å². The van der Waals surface area contributed by atoms with Crippen molar-refractivity contribution in [2.24, 2.45) is 5.92 Å². The van der Waals surface area contributed by atoms with Crippen molar-refractivity contribution >= 4 is 16.0 Å². The van der Waals surface area contributed by atoms with E-state index >= 15 is 0 Å². The van der Waals surface area contributed by atoms with Crippen molar-refractivity contribution in [1.82, 2.24) is 4.31 Å². The number of nitrogens with zero attached hydrogens (tertiary/aromatic N) is 1. The molecule has 0 aromatic heterocycles. The molecule has 2 rings (SSSR count). The molecular weight excluding hydrogens is 270 g/mol. The highest BCUT2D eigenvalue weighted by Crippen LogP contribution is 2.31. The van der Waals surface area contributed by atoms with Gasteiger partial charge >= 0.3 is 5.97 Å². The molecule has 0 saturated carbocycles. The highest BCUT2D eigenvalue weighted by Gasteiger charge is 2.45. The van der Waals surface area contributed by atoms with Gasteiger partial charge in [-0.2, -0.15) is 4.31 Å². The molecule has 0 aromatic carbocycles. The van der Waals surface area contributed by atoms with Crippen LogP contribution < -0.4 is 0 Å². The molecule has 1 N–H and O–H groups in total. The van der Waals surface area contributed by atoms with E-state index in [9.17, 15) is 13.2 Å². The van der Waals surface area contributed by atoms with Crippen LogP contribution in [0.5, 0.6) is 0 Å². The molecule has 0 bridgehead atoms. The normalized spacial score (nSPS) is 37.4. The number of carboxylic acids is 1. The average Bonchev–Trinajstić information content (AvgIpc) is 2.75. The lowest BCUT2D eigenvalue weighted by molar-refractivity contribution is -0.144. The number of piperidine rings is 1. The number of rotatable bonds is 3. The lowest BCUT2D eigenvalue weighted by Gasteiger charge is -2.38. The topological polar surface area (TPSA) is 83.9 Å². The molecule has 7 heteroatoms. The molecular formula is C12H21NO5S. The Morgan fingerprint density at radius 1 is 1.32 bits per heavy atom. The van der Waals surface area contributed by atoms with E-state index in [0.717, 1.165) is 0 Å². The number of hydrogen-bond acceptors (Lipinski definition) is 4. The fourth-order valence-corrected chi connectivity index (χ4v) is 5.38. The molecule has 2 fully saturated rings. The maximum absolute atomic E-state index is 12.6. The fraction of sp³-hybridized carbons (Fsp3) is 0.917. The second-order valence-electron chi connectivity index (χ2n) is 5.39. The Hall–Kier alpha value is -0.660. The number of hydrogen-bond donors (Lipinski definition) is 1. The second kappa shape index (κ2) is 5.38. The minimum Gasteiger partial charge on any atom is -0.481 e. The monoisotopic (exact) mass is 291 g/mol. The molecule has 0 spiro atoms. The van der Waals surface area contributed by atoms with Gasteiger partial charge in [-0.15, -0.1) is 0 Å². The Kier molecular flexibility index (Phi) is 4.17. The van der Waals surface area contributed by atoms with Gasteiger partial charge in [-0.25, -0.2) is 8.42 Å². The quantitative estimate of drug-likeness (QED) is 0.826. The fourth-order valence-electron chi connectivity index (χ4n) is 3.08. The van der Waals surface area contributed by atoms with Gasteiger partial charge in [-0.1, -0.05) is 0 Å². The zero-order valence-electron chi connectivity index (χ0n) is 11.3. The van der Waals surface area contributed by atoms with Gasteiger partial charge in [0.2, 0.25) is 10.0 Å². The van der Waals surface area contributed by atoms with E-state index in [1.54, 1.807) is 13.8 Å². The summed E-state index contributed by atoms with van der Waals surface area (Å²) in [6, 6.07) is -0.482. The van der Waals surface area contributed by atoms with E-state index in [2.05, 4.69) is 0 Å². The van der Waals surface area contributed by atoms with E-state index in [1.165, 1.54) is 4.31 Å². The smallest absolute Gasteiger partial charge is 0.308 e. The maximum Gasteiger partial charge on any atom is 0.308 e. The molecule has 2 saturated heterocycles. The third-order valence-electron chi connectivity index (χ3n) is 4.26. The van der Waals surface area contributed by atoms with Crippen molar-refractivity contribution in [1.29, 1.82) is 0 Å². The van der Waals surface area contributed by atoms with Crippen LogP contribution in [-0.4, -0.2) is 54.3 Å². The molecule has 19 heavy (non-hydrogen) atoms. The van der Waals surface area contributed by atoms with Crippen molar-refractivity contribution in [2.75, 3.05) is 13.2 Å². The lowest BCUT2D eigenvalue weighted by atomic mass is 9.92. The Morgan fingerprint density at radius 3 is 2.53 bits per heavy atom. The van der Waals surface area contributed by atoms with E-state index in [4.69, 9.17) is 9.84 Å². The summed E-state index contributed by atoms with van der Waals surface area (Å²) in [5, 5.41) is 8.62. The molecule has 6 nitrogen and oxygen atoms in total. The van der Waals surface area contributed by atoms with Crippen LogP contribution in [0.15, 0.2) is 0 Å². The average molecular weight is 291 g/mol. The van der Waals surface area contributed by atoms with Crippen molar-refractivity contribution in [3.63, 3.8) is 0 Å².